The number of ether oxygens (including phenoxy) is 1. The van der Waals surface area contributed by atoms with Gasteiger partial charge in [-0.05, 0) is 69.0 Å². The minimum atomic E-state index is -0.163. The van der Waals surface area contributed by atoms with E-state index in [2.05, 4.69) is 10.2 Å². The molecule has 32 heavy (non-hydrogen) atoms. The molecule has 4 rings (SSSR count). The standard InChI is InChI=1S/C26H27N3O3/c1-28(2)16-7-17-32-20-14-12-19(13-15-20)27-25(30)18-29-23-10-5-3-8-21(23)26(31)22-9-4-6-11-24(22)29/h3-6,8-15H,7,16-18H2,1-2H3,(H,27,30). The van der Waals surface area contributed by atoms with Crippen LogP contribution in [0.5, 0.6) is 5.75 Å². The second-order valence-electron chi connectivity index (χ2n) is 8.03. The number of carbonyl (C=O) groups is 1. The van der Waals surface area contributed by atoms with E-state index >= 15 is 0 Å². The Labute approximate surface area is 187 Å². The maximum Gasteiger partial charge on any atom is 0.244 e. The first-order valence-corrected chi connectivity index (χ1v) is 10.7. The molecular formula is C26H27N3O3. The Balaban J connectivity index is 1.50. The number of hydrogen-bond donors (Lipinski definition) is 1. The van der Waals surface area contributed by atoms with E-state index in [1.54, 1.807) is 12.1 Å². The van der Waals surface area contributed by atoms with Crippen LogP contribution in [-0.4, -0.2) is 42.6 Å². The third-order valence-corrected chi connectivity index (χ3v) is 5.34. The van der Waals surface area contributed by atoms with E-state index in [0.717, 1.165) is 29.7 Å². The average Bonchev–Trinajstić information content (AvgIpc) is 2.80. The van der Waals surface area contributed by atoms with Gasteiger partial charge in [0.2, 0.25) is 5.91 Å². The molecule has 0 saturated heterocycles. The van der Waals surface area contributed by atoms with Gasteiger partial charge in [0.25, 0.3) is 0 Å². The van der Waals surface area contributed by atoms with Crippen LogP contribution in [0, 0.1) is 0 Å². The largest absolute Gasteiger partial charge is 0.494 e. The Morgan fingerprint density at radius 1 is 0.906 bits per heavy atom. The fourth-order valence-electron chi connectivity index (χ4n) is 3.80. The molecule has 1 N–H and O–H groups in total. The summed E-state index contributed by atoms with van der Waals surface area (Å²) in [6.45, 7) is 1.73. The molecule has 0 fully saturated rings. The van der Waals surface area contributed by atoms with Crippen molar-refractivity contribution < 1.29 is 9.53 Å². The van der Waals surface area contributed by atoms with Crippen LogP contribution in [0.25, 0.3) is 21.8 Å². The van der Waals surface area contributed by atoms with Crippen molar-refractivity contribution in [3.8, 4) is 5.75 Å². The van der Waals surface area contributed by atoms with Crippen molar-refractivity contribution in [3.05, 3.63) is 83.0 Å². The highest BCUT2D eigenvalue weighted by Crippen LogP contribution is 2.20. The topological polar surface area (TPSA) is 63.6 Å². The number of hydrogen-bond acceptors (Lipinski definition) is 4. The number of fused-ring (bicyclic) bond motifs is 2. The van der Waals surface area contributed by atoms with E-state index < -0.39 is 0 Å². The molecule has 0 unspecified atom stereocenters. The molecule has 6 heteroatoms. The van der Waals surface area contributed by atoms with Gasteiger partial charge >= 0.3 is 0 Å². The zero-order valence-electron chi connectivity index (χ0n) is 18.4. The van der Waals surface area contributed by atoms with Crippen LogP contribution < -0.4 is 15.5 Å². The number of para-hydroxylation sites is 2. The summed E-state index contributed by atoms with van der Waals surface area (Å²) in [5, 5.41) is 4.16. The van der Waals surface area contributed by atoms with Crippen LogP contribution in [-0.2, 0) is 11.3 Å². The fourth-order valence-corrected chi connectivity index (χ4v) is 3.80. The molecule has 1 aromatic heterocycles. The molecule has 0 aliphatic carbocycles. The molecule has 1 amide bonds. The molecule has 6 nitrogen and oxygen atoms in total. The first-order chi connectivity index (χ1) is 15.5. The molecule has 4 aromatic rings. The molecule has 0 atom stereocenters. The van der Waals surface area contributed by atoms with Crippen molar-refractivity contribution in [2.45, 2.75) is 13.0 Å². The molecule has 0 radical (unpaired) electrons. The minimum Gasteiger partial charge on any atom is -0.494 e. The number of benzene rings is 3. The van der Waals surface area contributed by atoms with Gasteiger partial charge in [-0.1, -0.05) is 24.3 Å². The van der Waals surface area contributed by atoms with E-state index in [-0.39, 0.29) is 17.9 Å². The van der Waals surface area contributed by atoms with Crippen molar-refractivity contribution in [2.24, 2.45) is 0 Å². The molecule has 164 valence electrons. The number of nitrogens with zero attached hydrogens (tertiary/aromatic N) is 2. The van der Waals surface area contributed by atoms with Gasteiger partial charge < -0.3 is 19.5 Å². The average molecular weight is 430 g/mol. The van der Waals surface area contributed by atoms with Gasteiger partial charge in [0.05, 0.1) is 17.6 Å². The Morgan fingerprint density at radius 2 is 1.50 bits per heavy atom. The second kappa shape index (κ2) is 9.66. The number of pyridine rings is 1. The van der Waals surface area contributed by atoms with Crippen molar-refractivity contribution in [3.63, 3.8) is 0 Å². The number of carbonyl (C=O) groups excluding carboxylic acids is 1. The van der Waals surface area contributed by atoms with Crippen molar-refractivity contribution in [1.29, 1.82) is 0 Å². The van der Waals surface area contributed by atoms with Crippen LogP contribution in [0.3, 0.4) is 0 Å². The number of rotatable bonds is 8. The summed E-state index contributed by atoms with van der Waals surface area (Å²) in [5.41, 5.74) is 2.17. The Hall–Kier alpha value is -3.64. The van der Waals surface area contributed by atoms with Crippen LogP contribution in [0.1, 0.15) is 6.42 Å². The summed E-state index contributed by atoms with van der Waals surface area (Å²) < 4.78 is 7.64. The normalized spacial score (nSPS) is 11.2. The molecule has 0 bridgehead atoms. The van der Waals surface area contributed by atoms with Crippen LogP contribution >= 0.6 is 0 Å². The lowest BCUT2D eigenvalue weighted by atomic mass is 10.1. The lowest BCUT2D eigenvalue weighted by molar-refractivity contribution is -0.116. The first-order valence-electron chi connectivity index (χ1n) is 10.7. The molecule has 0 spiro atoms. The second-order valence-corrected chi connectivity index (χ2v) is 8.03. The van der Waals surface area contributed by atoms with Crippen molar-refractivity contribution in [1.82, 2.24) is 9.47 Å². The van der Waals surface area contributed by atoms with E-state index in [0.29, 0.717) is 23.1 Å². The number of nitrogens with one attached hydrogen (secondary N) is 1. The predicted molar refractivity (Wildman–Crippen MR) is 129 cm³/mol. The van der Waals surface area contributed by atoms with Gasteiger partial charge in [0.15, 0.2) is 5.43 Å². The summed E-state index contributed by atoms with van der Waals surface area (Å²) in [7, 11) is 4.08. The summed E-state index contributed by atoms with van der Waals surface area (Å²) >= 11 is 0. The fraction of sp³-hybridized carbons (Fsp3) is 0.231. The Morgan fingerprint density at radius 3 is 2.09 bits per heavy atom. The highest BCUT2D eigenvalue weighted by atomic mass is 16.5. The van der Waals surface area contributed by atoms with Crippen LogP contribution in [0.4, 0.5) is 5.69 Å². The monoisotopic (exact) mass is 429 g/mol. The number of amides is 1. The van der Waals surface area contributed by atoms with Gasteiger partial charge in [-0.25, -0.2) is 0 Å². The van der Waals surface area contributed by atoms with Gasteiger partial charge in [-0.15, -0.1) is 0 Å². The van der Waals surface area contributed by atoms with E-state index in [4.69, 9.17) is 4.74 Å². The maximum atomic E-state index is 12.9. The highest BCUT2D eigenvalue weighted by molar-refractivity contribution is 5.97. The summed E-state index contributed by atoms with van der Waals surface area (Å²) in [6, 6.07) is 22.2. The smallest absolute Gasteiger partial charge is 0.244 e. The summed E-state index contributed by atoms with van der Waals surface area (Å²) in [5.74, 6) is 0.614. The maximum absolute atomic E-state index is 12.9. The van der Waals surface area contributed by atoms with Crippen LogP contribution in [0.15, 0.2) is 77.6 Å². The SMILES string of the molecule is CN(C)CCCOc1ccc(NC(=O)Cn2c3ccccc3c(=O)c3ccccc32)cc1. The lowest BCUT2D eigenvalue weighted by Gasteiger charge is -2.15. The van der Waals surface area contributed by atoms with E-state index in [1.807, 2.05) is 79.3 Å². The Kier molecular flexibility index (Phi) is 6.52. The lowest BCUT2D eigenvalue weighted by Crippen LogP contribution is -2.21. The first kappa shape index (κ1) is 21.6. The molecule has 0 aliphatic rings. The molecule has 0 saturated carbocycles. The highest BCUT2D eigenvalue weighted by Gasteiger charge is 2.13. The molecule has 1 heterocycles. The van der Waals surface area contributed by atoms with Crippen molar-refractivity contribution in [2.75, 3.05) is 32.6 Å². The molecule has 0 aliphatic heterocycles. The summed E-state index contributed by atoms with van der Waals surface area (Å²) in [4.78, 5) is 27.8. The van der Waals surface area contributed by atoms with Crippen molar-refractivity contribution >= 4 is 33.4 Å². The van der Waals surface area contributed by atoms with Gasteiger partial charge in [-0.3, -0.25) is 9.59 Å². The number of anilines is 1. The quantitative estimate of drug-likeness (QED) is 0.338. The van der Waals surface area contributed by atoms with Gasteiger partial charge in [0, 0.05) is 23.0 Å². The molecule has 3 aromatic carbocycles. The third-order valence-electron chi connectivity index (χ3n) is 5.34. The zero-order chi connectivity index (χ0) is 22.5. The Bertz CT molecular complexity index is 1230. The van der Waals surface area contributed by atoms with Gasteiger partial charge in [-0.2, -0.15) is 0 Å². The predicted octanol–water partition coefficient (Wildman–Crippen LogP) is 4.12. The van der Waals surface area contributed by atoms with E-state index in [9.17, 15) is 9.59 Å². The minimum absolute atomic E-state index is 0.0194. The van der Waals surface area contributed by atoms with E-state index in [1.165, 1.54) is 0 Å². The van der Waals surface area contributed by atoms with Crippen LogP contribution in [0.2, 0.25) is 0 Å². The van der Waals surface area contributed by atoms with Gasteiger partial charge in [0.1, 0.15) is 12.3 Å². The summed E-state index contributed by atoms with van der Waals surface area (Å²) in [6.07, 6.45) is 0.951. The zero-order valence-corrected chi connectivity index (χ0v) is 18.4. The third kappa shape index (κ3) is 4.81. The molecular weight excluding hydrogens is 402 g/mol. The number of aromatic nitrogens is 1.